The van der Waals surface area contributed by atoms with E-state index in [1.807, 2.05) is 32.0 Å². The SMILES string of the molecule is COC(=O)c1ccc2c(=O)n(Cc3ccco3)c(SCC(=O)Nc3cc(C)cc(C)c3)nc2c1. The van der Waals surface area contributed by atoms with Gasteiger partial charge < -0.3 is 14.5 Å². The molecule has 0 saturated carbocycles. The van der Waals surface area contributed by atoms with Gasteiger partial charge in [-0.1, -0.05) is 17.8 Å². The predicted octanol–water partition coefficient (Wildman–Crippen LogP) is 4.17. The molecular weight excluding hydrogens is 454 g/mol. The molecule has 9 heteroatoms. The number of nitrogens with zero attached hydrogens (tertiary/aromatic N) is 2. The second kappa shape index (κ2) is 9.96. The molecule has 1 N–H and O–H groups in total. The van der Waals surface area contributed by atoms with Gasteiger partial charge in [0, 0.05) is 5.69 Å². The van der Waals surface area contributed by atoms with Crippen LogP contribution in [0.15, 0.2) is 69.2 Å². The summed E-state index contributed by atoms with van der Waals surface area (Å²) in [6.45, 7) is 4.09. The normalized spacial score (nSPS) is 10.9. The maximum Gasteiger partial charge on any atom is 0.337 e. The number of carbonyl (C=O) groups excluding carboxylic acids is 2. The number of benzene rings is 2. The minimum Gasteiger partial charge on any atom is -0.467 e. The highest BCUT2D eigenvalue weighted by Crippen LogP contribution is 2.21. The summed E-state index contributed by atoms with van der Waals surface area (Å²) in [7, 11) is 1.29. The Bertz CT molecular complexity index is 1410. The molecule has 2 heterocycles. The molecule has 0 atom stereocenters. The number of hydrogen-bond donors (Lipinski definition) is 1. The number of furan rings is 1. The first-order chi connectivity index (χ1) is 16.3. The Morgan fingerprint density at radius 1 is 1.12 bits per heavy atom. The van der Waals surface area contributed by atoms with Crippen molar-refractivity contribution in [3.05, 3.63) is 87.6 Å². The molecule has 2 aromatic heterocycles. The Morgan fingerprint density at radius 2 is 1.88 bits per heavy atom. The van der Waals surface area contributed by atoms with Crippen LogP contribution in [0.2, 0.25) is 0 Å². The van der Waals surface area contributed by atoms with Crippen molar-refractivity contribution in [2.75, 3.05) is 18.2 Å². The van der Waals surface area contributed by atoms with E-state index in [0.29, 0.717) is 27.5 Å². The summed E-state index contributed by atoms with van der Waals surface area (Å²) >= 11 is 1.14. The summed E-state index contributed by atoms with van der Waals surface area (Å²) in [5.41, 5.74) is 3.15. The van der Waals surface area contributed by atoms with Crippen molar-refractivity contribution in [1.82, 2.24) is 9.55 Å². The zero-order valence-corrected chi connectivity index (χ0v) is 19.8. The molecule has 0 saturated heterocycles. The first-order valence-corrected chi connectivity index (χ1v) is 11.5. The minimum absolute atomic E-state index is 0.0415. The monoisotopic (exact) mass is 477 g/mol. The average Bonchev–Trinajstić information content (AvgIpc) is 3.31. The van der Waals surface area contributed by atoms with Gasteiger partial charge in [0.15, 0.2) is 5.16 Å². The Kier molecular flexibility index (Phi) is 6.83. The molecule has 0 fully saturated rings. The highest BCUT2D eigenvalue weighted by atomic mass is 32.2. The Labute approximate surface area is 199 Å². The van der Waals surface area contributed by atoms with E-state index in [2.05, 4.69) is 10.3 Å². The first-order valence-electron chi connectivity index (χ1n) is 10.5. The molecule has 174 valence electrons. The molecule has 4 rings (SSSR count). The van der Waals surface area contributed by atoms with E-state index in [0.717, 1.165) is 22.9 Å². The molecule has 0 spiro atoms. The lowest BCUT2D eigenvalue weighted by atomic mass is 10.1. The Hall–Kier alpha value is -3.85. The number of rotatable bonds is 7. The van der Waals surface area contributed by atoms with Crippen LogP contribution in [-0.4, -0.2) is 34.3 Å². The predicted molar refractivity (Wildman–Crippen MR) is 130 cm³/mol. The summed E-state index contributed by atoms with van der Waals surface area (Å²) < 4.78 is 11.7. The highest BCUT2D eigenvalue weighted by Gasteiger charge is 2.17. The van der Waals surface area contributed by atoms with Crippen LogP contribution >= 0.6 is 11.8 Å². The number of hydrogen-bond acceptors (Lipinski definition) is 7. The van der Waals surface area contributed by atoms with Crippen molar-refractivity contribution >= 4 is 40.2 Å². The highest BCUT2D eigenvalue weighted by molar-refractivity contribution is 7.99. The number of methoxy groups -OCH3 is 1. The van der Waals surface area contributed by atoms with Crippen molar-refractivity contribution in [2.45, 2.75) is 25.5 Å². The molecule has 1 amide bonds. The summed E-state index contributed by atoms with van der Waals surface area (Å²) in [5.74, 6) is -0.126. The third-order valence-electron chi connectivity index (χ3n) is 5.07. The summed E-state index contributed by atoms with van der Waals surface area (Å²) in [6.07, 6.45) is 1.53. The fourth-order valence-electron chi connectivity index (χ4n) is 3.63. The zero-order chi connectivity index (χ0) is 24.2. The average molecular weight is 478 g/mol. The van der Waals surface area contributed by atoms with Crippen molar-refractivity contribution in [2.24, 2.45) is 0 Å². The first kappa shape index (κ1) is 23.3. The van der Waals surface area contributed by atoms with Crippen LogP contribution < -0.4 is 10.9 Å². The number of aromatic nitrogens is 2. The number of thioether (sulfide) groups is 1. The van der Waals surface area contributed by atoms with Crippen LogP contribution in [0, 0.1) is 13.8 Å². The molecule has 0 aliphatic rings. The summed E-state index contributed by atoms with van der Waals surface area (Å²) in [4.78, 5) is 42.5. The van der Waals surface area contributed by atoms with Gasteiger partial charge in [-0.25, -0.2) is 9.78 Å². The standard InChI is InChI=1S/C25H23N3O5S/c1-15-9-16(2)11-18(10-15)26-22(29)14-34-25-27-21-12-17(24(31)32-3)6-7-20(21)23(30)28(25)13-19-5-4-8-33-19/h4-12H,13-14H2,1-3H3,(H,26,29). The number of amides is 1. The number of nitrogens with one attached hydrogen (secondary N) is 1. The van der Waals surface area contributed by atoms with Gasteiger partial charge in [-0.3, -0.25) is 14.2 Å². The number of fused-ring (bicyclic) bond motifs is 1. The van der Waals surface area contributed by atoms with E-state index in [1.165, 1.54) is 30.1 Å². The summed E-state index contributed by atoms with van der Waals surface area (Å²) in [6, 6.07) is 13.9. The van der Waals surface area contributed by atoms with Crippen molar-refractivity contribution in [3.8, 4) is 0 Å². The quantitative estimate of drug-likeness (QED) is 0.242. The van der Waals surface area contributed by atoms with E-state index in [-0.39, 0.29) is 29.3 Å². The molecule has 0 radical (unpaired) electrons. The van der Waals surface area contributed by atoms with Crippen LogP contribution in [0.3, 0.4) is 0 Å². The summed E-state index contributed by atoms with van der Waals surface area (Å²) in [5, 5.41) is 3.58. The van der Waals surface area contributed by atoms with Crippen molar-refractivity contribution in [3.63, 3.8) is 0 Å². The molecule has 0 aliphatic carbocycles. The van der Waals surface area contributed by atoms with Crippen LogP contribution in [0.5, 0.6) is 0 Å². The van der Waals surface area contributed by atoms with Gasteiger partial charge in [0.25, 0.3) is 5.56 Å². The molecule has 0 aliphatic heterocycles. The number of anilines is 1. The van der Waals surface area contributed by atoms with Gasteiger partial charge in [-0.15, -0.1) is 0 Å². The van der Waals surface area contributed by atoms with Crippen LogP contribution in [0.1, 0.15) is 27.2 Å². The van der Waals surface area contributed by atoms with Crippen LogP contribution in [0.4, 0.5) is 5.69 Å². The minimum atomic E-state index is -0.523. The Balaban J connectivity index is 1.65. The lowest BCUT2D eigenvalue weighted by molar-refractivity contribution is -0.113. The van der Waals surface area contributed by atoms with E-state index in [1.54, 1.807) is 18.2 Å². The fourth-order valence-corrected chi connectivity index (χ4v) is 4.43. The maximum atomic E-state index is 13.3. The second-order valence-electron chi connectivity index (χ2n) is 7.80. The van der Waals surface area contributed by atoms with E-state index in [9.17, 15) is 14.4 Å². The van der Waals surface area contributed by atoms with Gasteiger partial charge >= 0.3 is 5.97 Å². The molecule has 2 aromatic carbocycles. The van der Waals surface area contributed by atoms with Gasteiger partial charge in [-0.05, 0) is 67.4 Å². The largest absolute Gasteiger partial charge is 0.467 e. The molecule has 0 bridgehead atoms. The molecule has 4 aromatic rings. The number of carbonyl (C=O) groups is 2. The number of ether oxygens (including phenoxy) is 1. The molecular formula is C25H23N3O5S. The molecule has 34 heavy (non-hydrogen) atoms. The number of esters is 1. The lowest BCUT2D eigenvalue weighted by Gasteiger charge is -2.13. The lowest BCUT2D eigenvalue weighted by Crippen LogP contribution is -2.25. The smallest absolute Gasteiger partial charge is 0.337 e. The zero-order valence-electron chi connectivity index (χ0n) is 19.0. The third-order valence-corrected chi connectivity index (χ3v) is 6.05. The van der Waals surface area contributed by atoms with E-state index < -0.39 is 5.97 Å². The van der Waals surface area contributed by atoms with Gasteiger partial charge in [0.1, 0.15) is 5.76 Å². The van der Waals surface area contributed by atoms with Crippen LogP contribution in [0.25, 0.3) is 10.9 Å². The van der Waals surface area contributed by atoms with Gasteiger partial charge in [-0.2, -0.15) is 0 Å². The third kappa shape index (κ3) is 5.20. The molecule has 8 nitrogen and oxygen atoms in total. The Morgan fingerprint density at radius 3 is 2.56 bits per heavy atom. The maximum absolute atomic E-state index is 13.3. The second-order valence-corrected chi connectivity index (χ2v) is 8.74. The van der Waals surface area contributed by atoms with Crippen molar-refractivity contribution < 1.29 is 18.7 Å². The van der Waals surface area contributed by atoms with Gasteiger partial charge in [0.2, 0.25) is 5.91 Å². The van der Waals surface area contributed by atoms with E-state index >= 15 is 0 Å². The van der Waals surface area contributed by atoms with Crippen molar-refractivity contribution in [1.29, 1.82) is 0 Å². The van der Waals surface area contributed by atoms with Crippen LogP contribution in [-0.2, 0) is 16.1 Å². The van der Waals surface area contributed by atoms with Gasteiger partial charge in [0.05, 0.1) is 42.1 Å². The van der Waals surface area contributed by atoms with E-state index in [4.69, 9.17) is 9.15 Å². The molecule has 0 unspecified atom stereocenters. The fraction of sp³-hybridized carbons (Fsp3) is 0.200. The topological polar surface area (TPSA) is 103 Å². The number of aryl methyl sites for hydroxylation is 2.